The lowest BCUT2D eigenvalue weighted by Crippen LogP contribution is -1.92. The Bertz CT molecular complexity index is 3250. The van der Waals surface area contributed by atoms with Gasteiger partial charge in [0.25, 0.3) is 0 Å². The van der Waals surface area contributed by atoms with Gasteiger partial charge in [-0.15, -0.1) is 0 Å². The molecular weight excluding hydrogens is 673 g/mol. The number of benzene rings is 11. The van der Waals surface area contributed by atoms with E-state index >= 15 is 0 Å². The van der Waals surface area contributed by atoms with Crippen LogP contribution in [0.15, 0.2) is 218 Å². The third-order valence-corrected chi connectivity index (χ3v) is 11.6. The molecule has 11 aromatic carbocycles. The van der Waals surface area contributed by atoms with E-state index < -0.39 is 0 Å². The van der Waals surface area contributed by atoms with E-state index in [0.29, 0.717) is 0 Å². The zero-order chi connectivity index (χ0) is 37.0. The standard InChI is InChI=1S/C56H36/c1-2-16-39-32-44(31-30-37(39)14-1)54-36-41-18-4-3-17-40(41)35-53(54)43-21-12-23-46(34-43)56-51-27-9-7-25-49(51)55(50-26-8-10-28-52(50)56)45-22-11-20-42(33-45)48-29-13-19-38-15-5-6-24-47(38)48/h1-36H. The van der Waals surface area contributed by atoms with Gasteiger partial charge in [-0.2, -0.15) is 0 Å². The summed E-state index contributed by atoms with van der Waals surface area (Å²) < 4.78 is 0. The summed E-state index contributed by atoms with van der Waals surface area (Å²) in [4.78, 5) is 0. The largest absolute Gasteiger partial charge is 0.0616 e. The highest BCUT2D eigenvalue weighted by Crippen LogP contribution is 2.46. The van der Waals surface area contributed by atoms with Crippen LogP contribution in [0.2, 0.25) is 0 Å². The summed E-state index contributed by atoms with van der Waals surface area (Å²) >= 11 is 0. The molecule has 0 bridgehead atoms. The molecule has 0 saturated heterocycles. The molecule has 0 heterocycles. The minimum Gasteiger partial charge on any atom is -0.0616 e. The summed E-state index contributed by atoms with van der Waals surface area (Å²) in [5, 5.41) is 12.5. The summed E-state index contributed by atoms with van der Waals surface area (Å²) in [6.45, 7) is 0. The van der Waals surface area contributed by atoms with Crippen molar-refractivity contribution in [2.45, 2.75) is 0 Å². The zero-order valence-corrected chi connectivity index (χ0v) is 30.8. The quantitative estimate of drug-likeness (QED) is 0.156. The first kappa shape index (κ1) is 32.2. The normalized spacial score (nSPS) is 11.6. The fraction of sp³-hybridized carbons (Fsp3) is 0. The van der Waals surface area contributed by atoms with E-state index in [0.717, 1.165) is 0 Å². The number of hydrogen-bond donors (Lipinski definition) is 0. The van der Waals surface area contributed by atoms with Gasteiger partial charge in [-0.25, -0.2) is 0 Å². The average Bonchev–Trinajstić information content (AvgIpc) is 3.27. The predicted octanol–water partition coefficient (Wildman–Crippen LogP) is 15.8. The summed E-state index contributed by atoms with van der Waals surface area (Å²) in [7, 11) is 0. The molecule has 0 aromatic heterocycles. The molecule has 260 valence electrons. The molecule has 0 aliphatic rings. The van der Waals surface area contributed by atoms with Crippen molar-refractivity contribution < 1.29 is 0 Å². The van der Waals surface area contributed by atoms with Crippen LogP contribution in [-0.4, -0.2) is 0 Å². The van der Waals surface area contributed by atoms with Crippen molar-refractivity contribution in [3.05, 3.63) is 218 Å². The van der Waals surface area contributed by atoms with Gasteiger partial charge >= 0.3 is 0 Å². The van der Waals surface area contributed by atoms with Gasteiger partial charge in [0, 0.05) is 0 Å². The van der Waals surface area contributed by atoms with Crippen LogP contribution in [-0.2, 0) is 0 Å². The molecule has 11 rings (SSSR count). The fourth-order valence-electron chi connectivity index (χ4n) is 8.99. The molecule has 0 radical (unpaired) electrons. The number of fused-ring (bicyclic) bond motifs is 5. The summed E-state index contributed by atoms with van der Waals surface area (Å²) in [6, 6.07) is 80.5. The van der Waals surface area contributed by atoms with E-state index in [1.807, 2.05) is 0 Å². The topological polar surface area (TPSA) is 0 Å². The highest BCUT2D eigenvalue weighted by molar-refractivity contribution is 6.21. The second kappa shape index (κ2) is 13.2. The minimum absolute atomic E-state index is 1.21. The molecule has 0 heteroatoms. The second-order valence-electron chi connectivity index (χ2n) is 14.8. The predicted molar refractivity (Wildman–Crippen MR) is 241 cm³/mol. The van der Waals surface area contributed by atoms with Crippen LogP contribution in [0.5, 0.6) is 0 Å². The van der Waals surface area contributed by atoms with Crippen molar-refractivity contribution in [1.82, 2.24) is 0 Å². The molecule has 0 nitrogen and oxygen atoms in total. The van der Waals surface area contributed by atoms with Crippen LogP contribution in [0.1, 0.15) is 0 Å². The second-order valence-corrected chi connectivity index (χ2v) is 14.8. The Kier molecular flexibility index (Phi) is 7.60. The molecule has 0 unspecified atom stereocenters. The molecule has 0 saturated carbocycles. The smallest absolute Gasteiger partial charge is 0.00262 e. The van der Waals surface area contributed by atoms with Crippen molar-refractivity contribution in [2.24, 2.45) is 0 Å². The molecule has 0 fully saturated rings. The fourth-order valence-corrected chi connectivity index (χ4v) is 8.99. The van der Waals surface area contributed by atoms with Crippen molar-refractivity contribution in [1.29, 1.82) is 0 Å². The molecule has 0 aliphatic heterocycles. The number of rotatable bonds is 5. The maximum Gasteiger partial charge on any atom is -0.00262 e. The Morgan fingerprint density at radius 1 is 0.179 bits per heavy atom. The average molecular weight is 709 g/mol. The zero-order valence-electron chi connectivity index (χ0n) is 30.8. The van der Waals surface area contributed by atoms with Gasteiger partial charge in [0.05, 0.1) is 0 Å². The van der Waals surface area contributed by atoms with Crippen LogP contribution < -0.4 is 0 Å². The van der Waals surface area contributed by atoms with E-state index in [9.17, 15) is 0 Å². The van der Waals surface area contributed by atoms with Crippen molar-refractivity contribution >= 4 is 53.9 Å². The Hall–Kier alpha value is -7.28. The lowest BCUT2D eigenvalue weighted by molar-refractivity contribution is 1.60. The third-order valence-electron chi connectivity index (χ3n) is 11.6. The van der Waals surface area contributed by atoms with E-state index in [2.05, 4.69) is 218 Å². The van der Waals surface area contributed by atoms with Crippen LogP contribution in [0.25, 0.3) is 109 Å². The molecule has 0 N–H and O–H groups in total. The van der Waals surface area contributed by atoms with Gasteiger partial charge < -0.3 is 0 Å². The van der Waals surface area contributed by atoms with E-state index in [1.54, 1.807) is 0 Å². The van der Waals surface area contributed by atoms with E-state index in [-0.39, 0.29) is 0 Å². The SMILES string of the molecule is c1cc(-c2cc3ccccc3cc2-c2ccc3ccccc3c2)cc(-c2c3ccccc3c(-c3cccc(-c4cccc5ccccc45)c3)c3ccccc23)c1. The lowest BCUT2D eigenvalue weighted by atomic mass is 9.84. The molecule has 0 spiro atoms. The Balaban J connectivity index is 1.12. The highest BCUT2D eigenvalue weighted by Gasteiger charge is 2.19. The Morgan fingerprint density at radius 2 is 0.554 bits per heavy atom. The lowest BCUT2D eigenvalue weighted by Gasteiger charge is -2.19. The summed E-state index contributed by atoms with van der Waals surface area (Å²) in [6.07, 6.45) is 0. The summed E-state index contributed by atoms with van der Waals surface area (Å²) in [5.41, 5.74) is 12.3. The molecule has 11 aromatic rings. The first-order chi connectivity index (χ1) is 27.8. The molecule has 0 aliphatic carbocycles. The first-order valence-corrected chi connectivity index (χ1v) is 19.4. The molecule has 0 amide bonds. The van der Waals surface area contributed by atoms with Crippen molar-refractivity contribution in [3.63, 3.8) is 0 Å². The number of hydrogen-bond acceptors (Lipinski definition) is 0. The highest BCUT2D eigenvalue weighted by atomic mass is 14.2. The molecule has 0 atom stereocenters. The monoisotopic (exact) mass is 708 g/mol. The van der Waals surface area contributed by atoms with Gasteiger partial charge in [0.2, 0.25) is 0 Å². The van der Waals surface area contributed by atoms with Gasteiger partial charge in [0.15, 0.2) is 0 Å². The van der Waals surface area contributed by atoms with Gasteiger partial charge in [-0.1, -0.05) is 188 Å². The molecule has 56 heavy (non-hydrogen) atoms. The van der Waals surface area contributed by atoms with E-state index in [1.165, 1.54) is 109 Å². The maximum atomic E-state index is 2.41. The Labute approximate surface area is 326 Å². The summed E-state index contributed by atoms with van der Waals surface area (Å²) in [5.74, 6) is 0. The van der Waals surface area contributed by atoms with Gasteiger partial charge in [0.1, 0.15) is 0 Å². The van der Waals surface area contributed by atoms with Crippen LogP contribution in [0.3, 0.4) is 0 Å². The van der Waals surface area contributed by atoms with Crippen molar-refractivity contribution in [2.75, 3.05) is 0 Å². The molecular formula is C56H36. The van der Waals surface area contributed by atoms with Gasteiger partial charge in [-0.05, 0) is 140 Å². The van der Waals surface area contributed by atoms with Crippen LogP contribution >= 0.6 is 0 Å². The minimum atomic E-state index is 1.21. The van der Waals surface area contributed by atoms with Crippen LogP contribution in [0, 0.1) is 0 Å². The maximum absolute atomic E-state index is 2.41. The van der Waals surface area contributed by atoms with E-state index in [4.69, 9.17) is 0 Å². The van der Waals surface area contributed by atoms with Gasteiger partial charge in [-0.3, -0.25) is 0 Å². The van der Waals surface area contributed by atoms with Crippen LogP contribution in [0.4, 0.5) is 0 Å². The van der Waals surface area contributed by atoms with Crippen molar-refractivity contribution in [3.8, 4) is 55.6 Å². The first-order valence-electron chi connectivity index (χ1n) is 19.4. The third kappa shape index (κ3) is 5.38. The Morgan fingerprint density at radius 3 is 1.11 bits per heavy atom.